The van der Waals surface area contributed by atoms with E-state index in [-0.39, 0.29) is 5.41 Å². The van der Waals surface area contributed by atoms with Crippen LogP contribution in [0.3, 0.4) is 0 Å². The third kappa shape index (κ3) is 2.13. The largest absolute Gasteiger partial charge is 0.294 e. The van der Waals surface area contributed by atoms with Crippen LogP contribution >= 0.6 is 11.3 Å². The summed E-state index contributed by atoms with van der Waals surface area (Å²) in [6.07, 6.45) is 7.15. The first-order chi connectivity index (χ1) is 8.12. The van der Waals surface area contributed by atoms with E-state index in [0.717, 1.165) is 4.96 Å². The van der Waals surface area contributed by atoms with Gasteiger partial charge in [0.25, 0.3) is 0 Å². The number of nitrogens with zero attached hydrogens (tertiary/aromatic N) is 2. The smallest absolute Gasteiger partial charge is 0.194 e. The lowest BCUT2D eigenvalue weighted by molar-refractivity contribution is 0.388. The van der Waals surface area contributed by atoms with Gasteiger partial charge in [0.1, 0.15) is 0 Å². The van der Waals surface area contributed by atoms with E-state index in [4.69, 9.17) is 0 Å². The Bertz CT molecular complexity index is 497. The topological polar surface area (TPSA) is 17.3 Å². The molecule has 2 rings (SSSR count). The summed E-state index contributed by atoms with van der Waals surface area (Å²) >= 11 is 1.72. The van der Waals surface area contributed by atoms with Gasteiger partial charge in [0, 0.05) is 17.0 Å². The maximum Gasteiger partial charge on any atom is 0.194 e. The third-order valence-electron chi connectivity index (χ3n) is 3.87. The predicted molar refractivity (Wildman–Crippen MR) is 75.0 cm³/mol. The Morgan fingerprint density at radius 3 is 2.82 bits per heavy atom. The zero-order chi connectivity index (χ0) is 12.5. The summed E-state index contributed by atoms with van der Waals surface area (Å²) in [7, 11) is 0. The first kappa shape index (κ1) is 12.6. The molecule has 2 nitrogen and oxygen atoms in total. The monoisotopic (exact) mass is 250 g/mol. The van der Waals surface area contributed by atoms with E-state index in [1.54, 1.807) is 11.3 Å². The third-order valence-corrected chi connectivity index (χ3v) is 4.63. The van der Waals surface area contributed by atoms with E-state index in [1.165, 1.54) is 37.1 Å². The fourth-order valence-corrected chi connectivity index (χ4v) is 3.41. The van der Waals surface area contributed by atoms with E-state index in [0.29, 0.717) is 0 Å². The van der Waals surface area contributed by atoms with Gasteiger partial charge in [0.2, 0.25) is 0 Å². The molecule has 94 valence electrons. The van der Waals surface area contributed by atoms with Crippen LogP contribution in [0.25, 0.3) is 4.96 Å². The quantitative estimate of drug-likeness (QED) is 0.760. The molecule has 0 fully saturated rings. The number of fused-ring (bicyclic) bond motifs is 1. The molecule has 2 heterocycles. The van der Waals surface area contributed by atoms with Crippen molar-refractivity contribution < 1.29 is 0 Å². The molecule has 1 atom stereocenters. The highest BCUT2D eigenvalue weighted by molar-refractivity contribution is 7.15. The minimum absolute atomic E-state index is 0.264. The summed E-state index contributed by atoms with van der Waals surface area (Å²) in [5.74, 6) is 0. The van der Waals surface area contributed by atoms with Crippen molar-refractivity contribution in [2.24, 2.45) is 0 Å². The molecule has 0 spiro atoms. The molecule has 0 aliphatic heterocycles. The van der Waals surface area contributed by atoms with Crippen LogP contribution < -0.4 is 0 Å². The fraction of sp³-hybridized carbons (Fsp3) is 0.643. The lowest BCUT2D eigenvalue weighted by Crippen LogP contribution is -2.23. The first-order valence-electron chi connectivity index (χ1n) is 6.55. The normalized spacial score (nSPS) is 15.3. The van der Waals surface area contributed by atoms with Crippen molar-refractivity contribution in [3.05, 3.63) is 23.0 Å². The molecular weight excluding hydrogens is 228 g/mol. The number of imidazole rings is 1. The Morgan fingerprint density at radius 1 is 1.41 bits per heavy atom. The second kappa shape index (κ2) is 4.81. The second-order valence-corrected chi connectivity index (χ2v) is 5.99. The maximum absolute atomic E-state index is 4.68. The Hall–Kier alpha value is -0.830. The van der Waals surface area contributed by atoms with Crippen molar-refractivity contribution >= 4 is 16.3 Å². The highest BCUT2D eigenvalue weighted by Crippen LogP contribution is 2.36. The molecule has 0 bridgehead atoms. The zero-order valence-corrected chi connectivity index (χ0v) is 12.1. The summed E-state index contributed by atoms with van der Waals surface area (Å²) in [5.41, 5.74) is 2.89. The number of thiazole rings is 1. The SMILES string of the molecule is CCCCC(C)(CC)c1c(C)nc2sccn12. The molecule has 0 aliphatic rings. The summed E-state index contributed by atoms with van der Waals surface area (Å²) < 4.78 is 2.29. The van der Waals surface area contributed by atoms with E-state index in [1.807, 2.05) is 0 Å². The molecule has 0 amide bonds. The number of hydrogen-bond acceptors (Lipinski definition) is 2. The molecule has 0 N–H and O–H groups in total. The number of aryl methyl sites for hydroxylation is 1. The Labute approximate surface area is 108 Å². The van der Waals surface area contributed by atoms with Crippen molar-refractivity contribution in [3.63, 3.8) is 0 Å². The molecule has 0 aliphatic carbocycles. The number of hydrogen-bond donors (Lipinski definition) is 0. The van der Waals surface area contributed by atoms with Gasteiger partial charge >= 0.3 is 0 Å². The second-order valence-electron chi connectivity index (χ2n) is 5.12. The van der Waals surface area contributed by atoms with Gasteiger partial charge in [-0.05, 0) is 19.8 Å². The average molecular weight is 250 g/mol. The minimum atomic E-state index is 0.264. The van der Waals surface area contributed by atoms with E-state index in [2.05, 4.69) is 48.7 Å². The van der Waals surface area contributed by atoms with Gasteiger partial charge < -0.3 is 0 Å². The summed E-state index contributed by atoms with van der Waals surface area (Å²) in [5, 5.41) is 2.13. The molecule has 3 heteroatoms. The van der Waals surface area contributed by atoms with Gasteiger partial charge in [-0.3, -0.25) is 4.40 Å². The maximum atomic E-state index is 4.68. The van der Waals surface area contributed by atoms with Gasteiger partial charge in [0.15, 0.2) is 4.96 Å². The van der Waals surface area contributed by atoms with Crippen molar-refractivity contribution in [1.82, 2.24) is 9.38 Å². The molecule has 0 radical (unpaired) electrons. The summed E-state index contributed by atoms with van der Waals surface area (Å²) in [4.78, 5) is 5.81. The van der Waals surface area contributed by atoms with Crippen LogP contribution in [0.1, 0.15) is 57.8 Å². The first-order valence-corrected chi connectivity index (χ1v) is 7.43. The number of aromatic nitrogens is 2. The van der Waals surface area contributed by atoms with E-state index >= 15 is 0 Å². The van der Waals surface area contributed by atoms with Gasteiger partial charge in [-0.25, -0.2) is 4.98 Å². The number of rotatable bonds is 5. The van der Waals surface area contributed by atoms with Crippen LogP contribution in [0.5, 0.6) is 0 Å². The van der Waals surface area contributed by atoms with Crippen LogP contribution in [0, 0.1) is 6.92 Å². The van der Waals surface area contributed by atoms with Crippen molar-refractivity contribution in [1.29, 1.82) is 0 Å². The van der Waals surface area contributed by atoms with Crippen molar-refractivity contribution in [2.45, 2.75) is 58.8 Å². The van der Waals surface area contributed by atoms with Crippen molar-refractivity contribution in [2.75, 3.05) is 0 Å². The van der Waals surface area contributed by atoms with Crippen LogP contribution in [-0.4, -0.2) is 9.38 Å². The zero-order valence-electron chi connectivity index (χ0n) is 11.3. The van der Waals surface area contributed by atoms with Crippen molar-refractivity contribution in [3.8, 4) is 0 Å². The average Bonchev–Trinajstić information content (AvgIpc) is 2.85. The van der Waals surface area contributed by atoms with Crippen LogP contribution in [0.15, 0.2) is 11.6 Å². The molecule has 2 aromatic rings. The summed E-state index contributed by atoms with van der Waals surface area (Å²) in [6.45, 7) is 9.09. The van der Waals surface area contributed by atoms with Gasteiger partial charge in [0.05, 0.1) is 11.4 Å². The predicted octanol–water partition coefficient (Wildman–Crippen LogP) is 4.56. The van der Waals surface area contributed by atoms with Gasteiger partial charge in [-0.2, -0.15) is 0 Å². The molecule has 0 saturated heterocycles. The summed E-state index contributed by atoms with van der Waals surface area (Å²) in [6, 6.07) is 0. The fourth-order valence-electron chi connectivity index (χ4n) is 2.65. The molecule has 1 unspecified atom stereocenters. The Balaban J connectivity index is 2.47. The standard InChI is InChI=1S/C14H22N2S/c1-5-7-8-14(4,6-2)12-11(3)15-13-16(12)9-10-17-13/h9-10H,5-8H2,1-4H3. The van der Waals surface area contributed by atoms with Crippen LogP contribution in [0.2, 0.25) is 0 Å². The molecule has 2 aromatic heterocycles. The van der Waals surface area contributed by atoms with E-state index < -0.39 is 0 Å². The van der Waals surface area contributed by atoms with Gasteiger partial charge in [-0.15, -0.1) is 11.3 Å². The lowest BCUT2D eigenvalue weighted by Gasteiger charge is -2.28. The van der Waals surface area contributed by atoms with Gasteiger partial charge in [-0.1, -0.05) is 33.6 Å². The molecule has 17 heavy (non-hydrogen) atoms. The minimum Gasteiger partial charge on any atom is -0.294 e. The molecule has 0 saturated carbocycles. The highest BCUT2D eigenvalue weighted by Gasteiger charge is 2.29. The number of unbranched alkanes of at least 4 members (excludes halogenated alkanes) is 1. The van der Waals surface area contributed by atoms with E-state index in [9.17, 15) is 0 Å². The lowest BCUT2D eigenvalue weighted by atomic mass is 9.78. The Morgan fingerprint density at radius 2 is 2.18 bits per heavy atom. The Kier molecular flexibility index (Phi) is 3.57. The highest BCUT2D eigenvalue weighted by atomic mass is 32.1. The molecular formula is C14H22N2S. The van der Waals surface area contributed by atoms with Crippen LogP contribution in [0.4, 0.5) is 0 Å². The van der Waals surface area contributed by atoms with Crippen LogP contribution in [-0.2, 0) is 5.41 Å². The molecule has 0 aromatic carbocycles.